The normalized spacial score (nSPS) is 10.7. The maximum absolute atomic E-state index is 8.44. The van der Waals surface area contributed by atoms with Crippen LogP contribution < -0.4 is 5.32 Å². The molecule has 0 aliphatic rings. The number of furan rings is 1. The molecule has 0 fully saturated rings. The first-order valence-corrected chi connectivity index (χ1v) is 5.26. The Kier molecular flexibility index (Phi) is 5.86. The Balaban J connectivity index is 1.99. The number of rotatable bonds is 7. The van der Waals surface area contributed by atoms with E-state index in [1.165, 1.54) is 0 Å². The van der Waals surface area contributed by atoms with Gasteiger partial charge in [0.1, 0.15) is 5.76 Å². The Hall–Kier alpha value is -0.360. The highest BCUT2D eigenvalue weighted by molar-refractivity contribution is 9.10. The summed E-state index contributed by atoms with van der Waals surface area (Å²) in [7, 11) is 0. The average Bonchev–Trinajstić information content (AvgIpc) is 2.58. The molecule has 1 aromatic rings. The number of hydrogen-bond donors (Lipinski definition) is 2. The van der Waals surface area contributed by atoms with Gasteiger partial charge in [0.25, 0.3) is 0 Å². The smallest absolute Gasteiger partial charge is 0.169 e. The predicted molar refractivity (Wildman–Crippen MR) is 56.0 cm³/mol. The van der Waals surface area contributed by atoms with Gasteiger partial charge in [-0.3, -0.25) is 0 Å². The van der Waals surface area contributed by atoms with Crippen LogP contribution in [0.5, 0.6) is 0 Å². The van der Waals surface area contributed by atoms with Crippen LogP contribution in [0.1, 0.15) is 5.76 Å². The Morgan fingerprint density at radius 3 is 2.93 bits per heavy atom. The summed E-state index contributed by atoms with van der Waals surface area (Å²) in [6.45, 7) is 2.51. The van der Waals surface area contributed by atoms with Crippen molar-refractivity contribution in [3.05, 3.63) is 22.6 Å². The molecule has 1 rings (SSSR count). The first-order chi connectivity index (χ1) is 6.83. The number of halogens is 1. The van der Waals surface area contributed by atoms with Gasteiger partial charge < -0.3 is 19.6 Å². The second-order valence-electron chi connectivity index (χ2n) is 2.72. The van der Waals surface area contributed by atoms with Crippen molar-refractivity contribution < 1.29 is 14.3 Å². The zero-order chi connectivity index (χ0) is 10.2. The van der Waals surface area contributed by atoms with Crippen molar-refractivity contribution in [3.63, 3.8) is 0 Å². The molecule has 0 saturated heterocycles. The molecule has 0 radical (unpaired) electrons. The van der Waals surface area contributed by atoms with Gasteiger partial charge in [0.15, 0.2) is 4.67 Å². The van der Waals surface area contributed by atoms with E-state index in [2.05, 4.69) is 21.2 Å². The summed E-state index contributed by atoms with van der Waals surface area (Å²) in [6.07, 6.45) is 0. The molecule has 80 valence electrons. The maximum atomic E-state index is 8.44. The first-order valence-electron chi connectivity index (χ1n) is 4.46. The third-order valence-electron chi connectivity index (χ3n) is 1.59. The summed E-state index contributed by atoms with van der Waals surface area (Å²) in [5.41, 5.74) is 0. The van der Waals surface area contributed by atoms with Crippen molar-refractivity contribution in [2.75, 3.05) is 26.4 Å². The van der Waals surface area contributed by atoms with E-state index in [9.17, 15) is 0 Å². The highest BCUT2D eigenvalue weighted by Crippen LogP contribution is 2.13. The lowest BCUT2D eigenvalue weighted by atomic mass is 10.4. The summed E-state index contributed by atoms with van der Waals surface area (Å²) < 4.78 is 11.1. The number of aliphatic hydroxyl groups excluding tert-OH is 1. The first kappa shape index (κ1) is 11.7. The number of ether oxygens (including phenoxy) is 1. The summed E-state index contributed by atoms with van der Waals surface area (Å²) in [4.78, 5) is 0. The highest BCUT2D eigenvalue weighted by Gasteiger charge is 1.97. The largest absolute Gasteiger partial charge is 0.453 e. The van der Waals surface area contributed by atoms with Crippen LogP contribution in [0.3, 0.4) is 0 Å². The van der Waals surface area contributed by atoms with Crippen LogP contribution in [-0.2, 0) is 11.3 Å². The fourth-order valence-corrected chi connectivity index (χ4v) is 1.31. The Morgan fingerprint density at radius 2 is 2.29 bits per heavy atom. The summed E-state index contributed by atoms with van der Waals surface area (Å²) in [6, 6.07) is 3.77. The molecule has 0 unspecified atom stereocenters. The van der Waals surface area contributed by atoms with Gasteiger partial charge in [0.2, 0.25) is 0 Å². The van der Waals surface area contributed by atoms with Crippen LogP contribution in [0, 0.1) is 0 Å². The van der Waals surface area contributed by atoms with Gasteiger partial charge in [-0.25, -0.2) is 0 Å². The minimum Gasteiger partial charge on any atom is -0.453 e. The molecule has 0 atom stereocenters. The minimum absolute atomic E-state index is 0.0745. The SMILES string of the molecule is OCCOCCNCc1ccc(Br)o1. The molecule has 0 spiro atoms. The molecule has 0 aromatic carbocycles. The second-order valence-corrected chi connectivity index (χ2v) is 3.50. The van der Waals surface area contributed by atoms with Crippen molar-refractivity contribution in [1.29, 1.82) is 0 Å². The molecule has 1 heterocycles. The predicted octanol–water partition coefficient (Wildman–Crippen LogP) is 1.14. The van der Waals surface area contributed by atoms with Crippen molar-refractivity contribution in [2.24, 2.45) is 0 Å². The van der Waals surface area contributed by atoms with Crippen LogP contribution in [0.25, 0.3) is 0 Å². The summed E-state index contributed by atoms with van der Waals surface area (Å²) >= 11 is 3.23. The standard InChI is InChI=1S/C9H14BrNO3/c10-9-2-1-8(14-9)7-11-3-5-13-6-4-12/h1-2,11-12H,3-7H2. The molecule has 0 bridgehead atoms. The molecular weight excluding hydrogens is 250 g/mol. The zero-order valence-corrected chi connectivity index (χ0v) is 9.42. The molecule has 0 aliphatic carbocycles. The Morgan fingerprint density at radius 1 is 1.43 bits per heavy atom. The topological polar surface area (TPSA) is 54.6 Å². The molecule has 0 saturated carbocycles. The van der Waals surface area contributed by atoms with Crippen molar-refractivity contribution in [1.82, 2.24) is 5.32 Å². The lowest BCUT2D eigenvalue weighted by Gasteiger charge is -2.02. The van der Waals surface area contributed by atoms with Gasteiger partial charge in [-0.2, -0.15) is 0 Å². The summed E-state index contributed by atoms with van der Waals surface area (Å²) in [5, 5.41) is 11.6. The van der Waals surface area contributed by atoms with E-state index in [-0.39, 0.29) is 6.61 Å². The lowest BCUT2D eigenvalue weighted by molar-refractivity contribution is 0.0936. The van der Waals surface area contributed by atoms with Crippen LogP contribution in [0.4, 0.5) is 0 Å². The van der Waals surface area contributed by atoms with Crippen LogP contribution in [0.15, 0.2) is 21.2 Å². The van der Waals surface area contributed by atoms with Crippen LogP contribution >= 0.6 is 15.9 Å². The Bertz CT molecular complexity index is 252. The van der Waals surface area contributed by atoms with Gasteiger partial charge in [0, 0.05) is 6.54 Å². The maximum Gasteiger partial charge on any atom is 0.169 e. The van der Waals surface area contributed by atoms with Gasteiger partial charge in [-0.05, 0) is 28.1 Å². The molecule has 4 nitrogen and oxygen atoms in total. The van der Waals surface area contributed by atoms with Gasteiger partial charge >= 0.3 is 0 Å². The van der Waals surface area contributed by atoms with E-state index in [1.807, 2.05) is 12.1 Å². The fourth-order valence-electron chi connectivity index (χ4n) is 0.969. The van der Waals surface area contributed by atoms with Gasteiger partial charge in [0.05, 0.1) is 26.4 Å². The van der Waals surface area contributed by atoms with E-state index >= 15 is 0 Å². The summed E-state index contributed by atoms with van der Waals surface area (Å²) in [5.74, 6) is 0.888. The van der Waals surface area contributed by atoms with E-state index < -0.39 is 0 Å². The molecule has 14 heavy (non-hydrogen) atoms. The van der Waals surface area contributed by atoms with Gasteiger partial charge in [-0.15, -0.1) is 0 Å². The molecule has 2 N–H and O–H groups in total. The number of nitrogens with one attached hydrogen (secondary N) is 1. The van der Waals surface area contributed by atoms with E-state index in [0.29, 0.717) is 19.8 Å². The number of aliphatic hydroxyl groups is 1. The molecule has 5 heteroatoms. The van der Waals surface area contributed by atoms with Crippen molar-refractivity contribution >= 4 is 15.9 Å². The highest BCUT2D eigenvalue weighted by atomic mass is 79.9. The molecule has 1 aromatic heterocycles. The van der Waals surface area contributed by atoms with E-state index in [1.54, 1.807) is 0 Å². The van der Waals surface area contributed by atoms with Crippen molar-refractivity contribution in [3.8, 4) is 0 Å². The van der Waals surface area contributed by atoms with E-state index in [0.717, 1.165) is 17.0 Å². The second kappa shape index (κ2) is 7.00. The van der Waals surface area contributed by atoms with Crippen LogP contribution in [0.2, 0.25) is 0 Å². The molecule has 0 aliphatic heterocycles. The fraction of sp³-hybridized carbons (Fsp3) is 0.556. The van der Waals surface area contributed by atoms with Crippen molar-refractivity contribution in [2.45, 2.75) is 6.54 Å². The van der Waals surface area contributed by atoms with E-state index in [4.69, 9.17) is 14.3 Å². The molecule has 0 amide bonds. The zero-order valence-electron chi connectivity index (χ0n) is 7.83. The monoisotopic (exact) mass is 263 g/mol. The quantitative estimate of drug-likeness (QED) is 0.725. The minimum atomic E-state index is 0.0745. The molecular formula is C9H14BrNO3. The van der Waals surface area contributed by atoms with Gasteiger partial charge in [-0.1, -0.05) is 0 Å². The third-order valence-corrected chi connectivity index (χ3v) is 2.01. The van der Waals surface area contributed by atoms with Crippen LogP contribution in [-0.4, -0.2) is 31.5 Å². The third kappa shape index (κ3) is 4.76. The number of hydrogen-bond acceptors (Lipinski definition) is 4. The lowest BCUT2D eigenvalue weighted by Crippen LogP contribution is -2.19. The average molecular weight is 264 g/mol. The Labute approximate surface area is 91.4 Å².